The van der Waals surface area contributed by atoms with Gasteiger partial charge >= 0.3 is 0 Å². The largest absolute Gasteiger partial charge is 0.493 e. The Bertz CT molecular complexity index is 392. The fraction of sp³-hybridized carbons (Fsp3) is 0.647. The molecule has 0 saturated heterocycles. The molecule has 0 aromatic heterocycles. The van der Waals surface area contributed by atoms with Gasteiger partial charge in [0.25, 0.3) is 0 Å². The van der Waals surface area contributed by atoms with Crippen molar-refractivity contribution in [3.8, 4) is 5.75 Å². The van der Waals surface area contributed by atoms with Gasteiger partial charge in [-0.2, -0.15) is 0 Å². The van der Waals surface area contributed by atoms with Crippen molar-refractivity contribution in [2.45, 2.75) is 40.0 Å². The summed E-state index contributed by atoms with van der Waals surface area (Å²) in [7, 11) is 0. The summed E-state index contributed by atoms with van der Waals surface area (Å²) >= 11 is 0. The van der Waals surface area contributed by atoms with Crippen molar-refractivity contribution in [2.24, 2.45) is 0 Å². The van der Waals surface area contributed by atoms with Crippen LogP contribution < -0.4 is 15.8 Å². The van der Waals surface area contributed by atoms with E-state index < -0.39 is 0 Å². The zero-order valence-electron chi connectivity index (χ0n) is 13.8. The van der Waals surface area contributed by atoms with Crippen LogP contribution >= 0.6 is 0 Å². The number of anilines is 2. The second-order valence-corrected chi connectivity index (χ2v) is 5.26. The van der Waals surface area contributed by atoms with Gasteiger partial charge in [-0.1, -0.05) is 27.2 Å². The van der Waals surface area contributed by atoms with E-state index in [0.29, 0.717) is 0 Å². The topological polar surface area (TPSA) is 50.5 Å². The normalized spacial score (nSPS) is 10.9. The minimum absolute atomic E-state index is 0.735. The van der Waals surface area contributed by atoms with Gasteiger partial charge in [-0.3, -0.25) is 0 Å². The van der Waals surface area contributed by atoms with Crippen LogP contribution in [0.4, 0.5) is 11.4 Å². The van der Waals surface area contributed by atoms with Gasteiger partial charge in [-0.15, -0.1) is 0 Å². The number of nitrogens with zero attached hydrogens (tertiary/aromatic N) is 1. The van der Waals surface area contributed by atoms with Gasteiger partial charge in [0.1, 0.15) is 5.75 Å². The second kappa shape index (κ2) is 10.3. The SMILES string of the molecule is CCCCNc1ccc(OCCCN(CC)CC)cc1N. The van der Waals surface area contributed by atoms with Gasteiger partial charge in [-0.25, -0.2) is 0 Å². The molecule has 4 heteroatoms. The van der Waals surface area contributed by atoms with Crippen LogP contribution in [0.5, 0.6) is 5.75 Å². The first-order chi connectivity index (χ1) is 10.2. The van der Waals surface area contributed by atoms with Crippen LogP contribution in [0.1, 0.15) is 40.0 Å². The zero-order chi connectivity index (χ0) is 15.5. The summed E-state index contributed by atoms with van der Waals surface area (Å²) in [5.41, 5.74) is 7.80. The van der Waals surface area contributed by atoms with E-state index in [2.05, 4.69) is 31.0 Å². The molecule has 0 aliphatic carbocycles. The molecule has 1 aromatic rings. The van der Waals surface area contributed by atoms with Crippen molar-refractivity contribution in [3.63, 3.8) is 0 Å². The van der Waals surface area contributed by atoms with Gasteiger partial charge in [0, 0.05) is 19.2 Å². The summed E-state index contributed by atoms with van der Waals surface area (Å²) in [5.74, 6) is 0.855. The third-order valence-electron chi connectivity index (χ3n) is 3.65. The first-order valence-corrected chi connectivity index (χ1v) is 8.19. The van der Waals surface area contributed by atoms with Crippen molar-refractivity contribution < 1.29 is 4.74 Å². The highest BCUT2D eigenvalue weighted by atomic mass is 16.5. The predicted molar refractivity (Wildman–Crippen MR) is 92.2 cm³/mol. The zero-order valence-corrected chi connectivity index (χ0v) is 13.8. The molecular weight excluding hydrogens is 262 g/mol. The smallest absolute Gasteiger partial charge is 0.121 e. The molecule has 0 amide bonds. The molecule has 3 N–H and O–H groups in total. The van der Waals surface area contributed by atoms with Gasteiger partial charge < -0.3 is 20.7 Å². The lowest BCUT2D eigenvalue weighted by atomic mass is 10.2. The Labute approximate surface area is 129 Å². The molecule has 0 bridgehead atoms. The van der Waals surface area contributed by atoms with Crippen LogP contribution in [-0.2, 0) is 0 Å². The maximum Gasteiger partial charge on any atom is 0.121 e. The summed E-state index contributed by atoms with van der Waals surface area (Å²) in [4.78, 5) is 2.40. The van der Waals surface area contributed by atoms with Crippen LogP contribution in [0.3, 0.4) is 0 Å². The summed E-state index contributed by atoms with van der Waals surface area (Å²) in [6.45, 7) is 11.5. The number of benzene rings is 1. The average Bonchev–Trinajstić information content (AvgIpc) is 2.50. The molecule has 0 saturated carbocycles. The lowest BCUT2D eigenvalue weighted by Gasteiger charge is -2.18. The van der Waals surface area contributed by atoms with Crippen molar-refractivity contribution in [1.29, 1.82) is 0 Å². The summed E-state index contributed by atoms with van der Waals surface area (Å²) in [6.07, 6.45) is 3.38. The standard InChI is InChI=1S/C17H31N3O/c1-4-7-11-19-17-10-9-15(14-16(17)18)21-13-8-12-20(5-2)6-3/h9-10,14,19H,4-8,11-13,18H2,1-3H3. The lowest BCUT2D eigenvalue weighted by molar-refractivity contribution is 0.249. The number of nitrogens with two attached hydrogens (primary N) is 1. The van der Waals surface area contributed by atoms with E-state index in [1.807, 2.05) is 18.2 Å². The Kier molecular flexibility index (Phi) is 8.67. The molecule has 0 heterocycles. The summed E-state index contributed by atoms with van der Waals surface area (Å²) in [5, 5.41) is 3.35. The van der Waals surface area contributed by atoms with Crippen molar-refractivity contribution >= 4 is 11.4 Å². The third-order valence-corrected chi connectivity index (χ3v) is 3.65. The minimum Gasteiger partial charge on any atom is -0.493 e. The minimum atomic E-state index is 0.735. The molecule has 1 aromatic carbocycles. The Morgan fingerprint density at radius 1 is 1.14 bits per heavy atom. The molecule has 0 aliphatic rings. The fourth-order valence-corrected chi connectivity index (χ4v) is 2.21. The molecule has 0 spiro atoms. The predicted octanol–water partition coefficient (Wildman–Crippen LogP) is 3.59. The van der Waals surface area contributed by atoms with Crippen molar-refractivity contribution in [3.05, 3.63) is 18.2 Å². The molecule has 0 atom stereocenters. The Morgan fingerprint density at radius 2 is 1.90 bits per heavy atom. The molecule has 0 aliphatic heterocycles. The summed E-state index contributed by atoms with van der Waals surface area (Å²) in [6, 6.07) is 5.90. The van der Waals surface area contributed by atoms with E-state index >= 15 is 0 Å². The van der Waals surface area contributed by atoms with Crippen molar-refractivity contribution in [1.82, 2.24) is 4.90 Å². The van der Waals surface area contributed by atoms with Gasteiger partial charge in [0.05, 0.1) is 18.0 Å². The third kappa shape index (κ3) is 6.71. The van der Waals surface area contributed by atoms with E-state index in [1.54, 1.807) is 0 Å². The fourth-order valence-electron chi connectivity index (χ4n) is 2.21. The number of nitrogens with one attached hydrogen (secondary N) is 1. The number of hydrogen-bond donors (Lipinski definition) is 2. The van der Waals surface area contributed by atoms with Crippen LogP contribution in [0, 0.1) is 0 Å². The highest BCUT2D eigenvalue weighted by Gasteiger charge is 2.02. The maximum absolute atomic E-state index is 6.05. The Balaban J connectivity index is 2.34. The lowest BCUT2D eigenvalue weighted by Crippen LogP contribution is -2.25. The van der Waals surface area contributed by atoms with Gasteiger partial charge in [-0.05, 0) is 38.1 Å². The Morgan fingerprint density at radius 3 is 2.52 bits per heavy atom. The highest BCUT2D eigenvalue weighted by molar-refractivity contribution is 5.68. The molecule has 0 fully saturated rings. The van der Waals surface area contributed by atoms with Crippen LogP contribution in [0.15, 0.2) is 18.2 Å². The van der Waals surface area contributed by atoms with E-state index in [-0.39, 0.29) is 0 Å². The molecule has 1 rings (SSSR count). The van der Waals surface area contributed by atoms with Crippen LogP contribution in [0.2, 0.25) is 0 Å². The number of rotatable bonds is 11. The number of nitrogen functional groups attached to an aromatic ring is 1. The van der Waals surface area contributed by atoms with Crippen LogP contribution in [-0.4, -0.2) is 37.7 Å². The Hall–Kier alpha value is -1.42. The van der Waals surface area contributed by atoms with E-state index in [1.165, 1.54) is 6.42 Å². The van der Waals surface area contributed by atoms with E-state index in [9.17, 15) is 0 Å². The molecule has 0 radical (unpaired) electrons. The number of unbranched alkanes of at least 4 members (excludes halogenated alkanes) is 1. The molecule has 4 nitrogen and oxygen atoms in total. The number of hydrogen-bond acceptors (Lipinski definition) is 4. The molecule has 120 valence electrons. The summed E-state index contributed by atoms with van der Waals surface area (Å²) < 4.78 is 5.77. The molecular formula is C17H31N3O. The van der Waals surface area contributed by atoms with Crippen LogP contribution in [0.25, 0.3) is 0 Å². The van der Waals surface area contributed by atoms with Gasteiger partial charge in [0.2, 0.25) is 0 Å². The monoisotopic (exact) mass is 293 g/mol. The van der Waals surface area contributed by atoms with Crippen molar-refractivity contribution in [2.75, 3.05) is 43.8 Å². The highest BCUT2D eigenvalue weighted by Crippen LogP contribution is 2.24. The maximum atomic E-state index is 6.05. The number of ether oxygens (including phenoxy) is 1. The van der Waals surface area contributed by atoms with E-state index in [4.69, 9.17) is 10.5 Å². The second-order valence-electron chi connectivity index (χ2n) is 5.26. The first-order valence-electron chi connectivity index (χ1n) is 8.19. The van der Waals surface area contributed by atoms with Gasteiger partial charge in [0.15, 0.2) is 0 Å². The molecule has 21 heavy (non-hydrogen) atoms. The quantitative estimate of drug-likeness (QED) is 0.483. The van der Waals surface area contributed by atoms with E-state index in [0.717, 1.165) is 62.8 Å². The average molecular weight is 293 g/mol. The first kappa shape index (κ1) is 17.6. The molecule has 0 unspecified atom stereocenters.